The number of rotatable bonds is 7. The van der Waals surface area contributed by atoms with Crippen LogP contribution in [0.25, 0.3) is 6.08 Å². The summed E-state index contributed by atoms with van der Waals surface area (Å²) < 4.78 is 0. The number of nitrogens with zero attached hydrogens (tertiary/aromatic N) is 2. The third kappa shape index (κ3) is 6.56. The Balaban J connectivity index is 2.56. The van der Waals surface area contributed by atoms with E-state index >= 15 is 0 Å². The summed E-state index contributed by atoms with van der Waals surface area (Å²) in [5.41, 5.74) is 0.693. The molecule has 0 radical (unpaired) electrons. The Morgan fingerprint density at radius 2 is 2.14 bits per heavy atom. The zero-order valence-corrected chi connectivity index (χ0v) is 12.5. The number of hydrogen-bond acceptors (Lipinski definition) is 4. The molecular weight excluding hydrogens is 270 g/mol. The molecule has 21 heavy (non-hydrogen) atoms. The molecular formula is C15H21N3O3. The van der Waals surface area contributed by atoms with Crippen molar-refractivity contribution in [2.45, 2.75) is 13.8 Å². The number of carboxylic acids is 1. The van der Waals surface area contributed by atoms with E-state index in [1.54, 1.807) is 30.3 Å². The van der Waals surface area contributed by atoms with Crippen molar-refractivity contribution in [3.8, 4) is 0 Å². The summed E-state index contributed by atoms with van der Waals surface area (Å²) in [6.45, 7) is 4.95. The number of pyridine rings is 1. The standard InChI is InChI=1S/C15H21N3O3/c1-11(2)8-17-14(19)10-18(3)13-6-4-12(9-16-13)5-7-15(20)21/h4-7,9,11H,8,10H2,1-3H3,(H,17,19)(H,20,21)/b7-5+. The van der Waals surface area contributed by atoms with Crippen molar-refractivity contribution in [3.63, 3.8) is 0 Å². The Bertz CT molecular complexity index is 509. The number of carboxylic acid groups (broad SMARTS) is 1. The molecule has 1 heterocycles. The van der Waals surface area contributed by atoms with Crippen molar-refractivity contribution in [1.29, 1.82) is 0 Å². The molecule has 0 unspecified atom stereocenters. The summed E-state index contributed by atoms with van der Waals surface area (Å²) in [6.07, 6.45) is 4.09. The second kappa shape index (κ2) is 8.04. The highest BCUT2D eigenvalue weighted by atomic mass is 16.4. The van der Waals surface area contributed by atoms with Crippen LogP contribution in [0.3, 0.4) is 0 Å². The third-order valence-electron chi connectivity index (χ3n) is 2.67. The molecule has 0 aliphatic carbocycles. The van der Waals surface area contributed by atoms with Crippen LogP contribution in [-0.4, -0.2) is 42.1 Å². The van der Waals surface area contributed by atoms with Gasteiger partial charge in [-0.15, -0.1) is 0 Å². The zero-order valence-electron chi connectivity index (χ0n) is 12.5. The Morgan fingerprint density at radius 3 is 2.67 bits per heavy atom. The van der Waals surface area contributed by atoms with Crippen LogP contribution in [0.15, 0.2) is 24.4 Å². The second-order valence-electron chi connectivity index (χ2n) is 5.18. The van der Waals surface area contributed by atoms with Crippen LogP contribution >= 0.6 is 0 Å². The van der Waals surface area contributed by atoms with Gasteiger partial charge in [-0.3, -0.25) is 4.79 Å². The van der Waals surface area contributed by atoms with Crippen LogP contribution in [0, 0.1) is 5.92 Å². The summed E-state index contributed by atoms with van der Waals surface area (Å²) >= 11 is 0. The average Bonchev–Trinajstić information content (AvgIpc) is 2.43. The third-order valence-corrected chi connectivity index (χ3v) is 2.67. The monoisotopic (exact) mass is 291 g/mol. The molecule has 1 amide bonds. The summed E-state index contributed by atoms with van der Waals surface area (Å²) in [7, 11) is 1.78. The lowest BCUT2D eigenvalue weighted by atomic mass is 10.2. The molecule has 0 saturated carbocycles. The number of amides is 1. The van der Waals surface area contributed by atoms with Gasteiger partial charge < -0.3 is 15.3 Å². The summed E-state index contributed by atoms with van der Waals surface area (Å²) in [5.74, 6) is 0.0146. The van der Waals surface area contributed by atoms with Crippen LogP contribution in [0.5, 0.6) is 0 Å². The Hall–Kier alpha value is -2.37. The van der Waals surface area contributed by atoms with Gasteiger partial charge in [0.1, 0.15) is 5.82 Å². The van der Waals surface area contributed by atoms with E-state index in [1.165, 1.54) is 6.08 Å². The van der Waals surface area contributed by atoms with E-state index in [0.717, 1.165) is 6.08 Å². The molecule has 2 N–H and O–H groups in total. The van der Waals surface area contributed by atoms with Gasteiger partial charge in [-0.2, -0.15) is 0 Å². The fourth-order valence-corrected chi connectivity index (χ4v) is 1.56. The van der Waals surface area contributed by atoms with E-state index < -0.39 is 5.97 Å². The van der Waals surface area contributed by atoms with Gasteiger partial charge in [0.05, 0.1) is 6.54 Å². The van der Waals surface area contributed by atoms with Crippen molar-refractivity contribution >= 4 is 23.8 Å². The van der Waals surface area contributed by atoms with Gasteiger partial charge in [0.25, 0.3) is 0 Å². The average molecular weight is 291 g/mol. The topological polar surface area (TPSA) is 82.5 Å². The van der Waals surface area contributed by atoms with Gasteiger partial charge in [0.2, 0.25) is 5.91 Å². The largest absolute Gasteiger partial charge is 0.478 e. The first-order chi connectivity index (χ1) is 9.88. The van der Waals surface area contributed by atoms with Gasteiger partial charge >= 0.3 is 5.97 Å². The van der Waals surface area contributed by atoms with Gasteiger partial charge in [-0.05, 0) is 29.7 Å². The SMILES string of the molecule is CC(C)CNC(=O)CN(C)c1ccc(/C=C/C(=O)O)cn1. The van der Waals surface area contributed by atoms with Crippen molar-refractivity contribution in [2.75, 3.05) is 25.0 Å². The summed E-state index contributed by atoms with van der Waals surface area (Å²) in [5, 5.41) is 11.4. The maximum absolute atomic E-state index is 11.7. The fourth-order valence-electron chi connectivity index (χ4n) is 1.56. The Kier molecular flexibility index (Phi) is 6.39. The molecule has 1 aromatic rings. The van der Waals surface area contributed by atoms with E-state index in [2.05, 4.69) is 10.3 Å². The number of nitrogens with one attached hydrogen (secondary N) is 1. The first-order valence-electron chi connectivity index (χ1n) is 6.73. The molecule has 0 saturated heterocycles. The predicted molar refractivity (Wildman–Crippen MR) is 82.0 cm³/mol. The molecule has 1 aromatic heterocycles. The van der Waals surface area contributed by atoms with Crippen molar-refractivity contribution in [2.24, 2.45) is 5.92 Å². The zero-order chi connectivity index (χ0) is 15.8. The van der Waals surface area contributed by atoms with E-state index in [1.807, 2.05) is 13.8 Å². The van der Waals surface area contributed by atoms with Gasteiger partial charge in [-0.1, -0.05) is 13.8 Å². The number of carbonyl (C=O) groups is 2. The lowest BCUT2D eigenvalue weighted by Crippen LogP contribution is -2.37. The molecule has 6 heteroatoms. The minimum atomic E-state index is -1.00. The number of anilines is 1. The fraction of sp³-hybridized carbons (Fsp3) is 0.400. The summed E-state index contributed by atoms with van der Waals surface area (Å²) in [4.78, 5) is 28.1. The lowest BCUT2D eigenvalue weighted by Gasteiger charge is -2.18. The van der Waals surface area contributed by atoms with Crippen LogP contribution in [0.1, 0.15) is 19.4 Å². The maximum atomic E-state index is 11.7. The summed E-state index contributed by atoms with van der Waals surface area (Å²) in [6, 6.07) is 3.50. The van der Waals surface area contributed by atoms with Crippen LogP contribution in [-0.2, 0) is 9.59 Å². The maximum Gasteiger partial charge on any atom is 0.328 e. The number of carbonyl (C=O) groups excluding carboxylic acids is 1. The van der Waals surface area contributed by atoms with E-state index in [-0.39, 0.29) is 12.5 Å². The van der Waals surface area contributed by atoms with Gasteiger partial charge in [0.15, 0.2) is 0 Å². The number of aliphatic carboxylic acids is 1. The normalized spacial score (nSPS) is 10.9. The highest BCUT2D eigenvalue weighted by Crippen LogP contribution is 2.10. The van der Waals surface area contributed by atoms with Crippen LogP contribution < -0.4 is 10.2 Å². The van der Waals surface area contributed by atoms with Gasteiger partial charge in [-0.25, -0.2) is 9.78 Å². The highest BCUT2D eigenvalue weighted by Gasteiger charge is 2.08. The first-order valence-corrected chi connectivity index (χ1v) is 6.73. The second-order valence-corrected chi connectivity index (χ2v) is 5.18. The Labute approximate surface area is 124 Å². The van der Waals surface area contributed by atoms with Gasteiger partial charge in [0, 0.05) is 25.9 Å². The molecule has 0 bridgehead atoms. The molecule has 0 atom stereocenters. The van der Waals surface area contributed by atoms with Crippen molar-refractivity contribution < 1.29 is 14.7 Å². The van der Waals surface area contributed by atoms with Crippen LogP contribution in [0.4, 0.5) is 5.82 Å². The van der Waals surface area contributed by atoms with Crippen LogP contribution in [0.2, 0.25) is 0 Å². The highest BCUT2D eigenvalue weighted by molar-refractivity contribution is 5.85. The smallest absolute Gasteiger partial charge is 0.328 e. The first kappa shape index (κ1) is 16.7. The number of aromatic nitrogens is 1. The quantitative estimate of drug-likeness (QED) is 0.742. The minimum Gasteiger partial charge on any atom is -0.478 e. The van der Waals surface area contributed by atoms with Crippen molar-refractivity contribution in [3.05, 3.63) is 30.0 Å². The lowest BCUT2D eigenvalue weighted by molar-refractivity contribution is -0.131. The number of likely N-dealkylation sites (N-methyl/N-ethyl adjacent to an activating group) is 1. The molecule has 6 nitrogen and oxygen atoms in total. The molecule has 114 valence electrons. The molecule has 0 spiro atoms. The molecule has 0 fully saturated rings. The minimum absolute atomic E-state index is 0.0529. The Morgan fingerprint density at radius 1 is 1.43 bits per heavy atom. The molecule has 0 aliphatic heterocycles. The predicted octanol–water partition coefficient (Wildman–Crippen LogP) is 1.39. The van der Waals surface area contributed by atoms with Crippen molar-refractivity contribution in [1.82, 2.24) is 10.3 Å². The van der Waals surface area contributed by atoms with E-state index in [9.17, 15) is 9.59 Å². The molecule has 0 aromatic carbocycles. The molecule has 0 aliphatic rings. The molecule has 1 rings (SSSR count). The number of hydrogen-bond donors (Lipinski definition) is 2. The van der Waals surface area contributed by atoms with E-state index in [4.69, 9.17) is 5.11 Å². The van der Waals surface area contributed by atoms with E-state index in [0.29, 0.717) is 23.8 Å².